The van der Waals surface area contributed by atoms with Crippen LogP contribution in [0, 0.1) is 0 Å². The second-order valence-corrected chi connectivity index (χ2v) is 3.53. The molecule has 0 bridgehead atoms. The van der Waals surface area contributed by atoms with E-state index >= 15 is 0 Å². The Morgan fingerprint density at radius 1 is 1.50 bits per heavy atom. The van der Waals surface area contributed by atoms with Crippen molar-refractivity contribution < 1.29 is 19.1 Å². The molecule has 0 saturated heterocycles. The SMILES string of the molecule is C=CCC(C)(OC=O)C(=O)OC(C=C)CC. The van der Waals surface area contributed by atoms with Crippen molar-refractivity contribution >= 4 is 12.4 Å². The Morgan fingerprint density at radius 2 is 2.12 bits per heavy atom. The van der Waals surface area contributed by atoms with Crippen molar-refractivity contribution in [2.45, 2.75) is 38.4 Å². The van der Waals surface area contributed by atoms with E-state index in [1.54, 1.807) is 0 Å². The fourth-order valence-electron chi connectivity index (χ4n) is 1.12. The quantitative estimate of drug-likeness (QED) is 0.361. The molecule has 16 heavy (non-hydrogen) atoms. The van der Waals surface area contributed by atoms with Crippen molar-refractivity contribution in [3.8, 4) is 0 Å². The largest absolute Gasteiger partial charge is 0.455 e. The number of carbonyl (C=O) groups is 2. The van der Waals surface area contributed by atoms with Crippen LogP contribution in [0.25, 0.3) is 0 Å². The van der Waals surface area contributed by atoms with E-state index in [4.69, 9.17) is 9.47 Å². The summed E-state index contributed by atoms with van der Waals surface area (Å²) in [7, 11) is 0. The van der Waals surface area contributed by atoms with Gasteiger partial charge in [0.05, 0.1) is 0 Å². The third kappa shape index (κ3) is 3.88. The molecule has 0 N–H and O–H groups in total. The Labute approximate surface area is 95.9 Å². The van der Waals surface area contributed by atoms with E-state index in [2.05, 4.69) is 13.2 Å². The van der Waals surface area contributed by atoms with Gasteiger partial charge < -0.3 is 9.47 Å². The van der Waals surface area contributed by atoms with Crippen LogP contribution in [0.2, 0.25) is 0 Å². The van der Waals surface area contributed by atoms with E-state index in [-0.39, 0.29) is 19.0 Å². The second-order valence-electron chi connectivity index (χ2n) is 3.53. The van der Waals surface area contributed by atoms with Crippen molar-refractivity contribution in [1.82, 2.24) is 0 Å². The van der Waals surface area contributed by atoms with Crippen LogP contribution in [0.4, 0.5) is 0 Å². The van der Waals surface area contributed by atoms with Crippen LogP contribution in [0.5, 0.6) is 0 Å². The Bertz CT molecular complexity index is 260. The van der Waals surface area contributed by atoms with E-state index < -0.39 is 11.6 Å². The molecule has 0 amide bonds. The molecule has 0 aliphatic heterocycles. The van der Waals surface area contributed by atoms with E-state index in [9.17, 15) is 9.59 Å². The van der Waals surface area contributed by atoms with Crippen molar-refractivity contribution in [2.24, 2.45) is 0 Å². The zero-order valence-corrected chi connectivity index (χ0v) is 9.77. The van der Waals surface area contributed by atoms with Gasteiger partial charge in [-0.2, -0.15) is 0 Å². The zero-order chi connectivity index (χ0) is 12.6. The molecule has 0 aromatic carbocycles. The normalized spacial score (nSPS) is 15.4. The molecule has 0 rings (SSSR count). The van der Waals surface area contributed by atoms with Crippen molar-refractivity contribution in [3.63, 3.8) is 0 Å². The lowest BCUT2D eigenvalue weighted by atomic mass is 10.0. The number of carbonyl (C=O) groups excluding carboxylic acids is 2. The Kier molecular flexibility index (Phi) is 6.15. The summed E-state index contributed by atoms with van der Waals surface area (Å²) in [5.41, 5.74) is -1.31. The van der Waals surface area contributed by atoms with Crippen molar-refractivity contribution in [3.05, 3.63) is 25.3 Å². The Hall–Kier alpha value is -1.58. The van der Waals surface area contributed by atoms with Gasteiger partial charge in [0.1, 0.15) is 6.10 Å². The number of esters is 1. The maximum atomic E-state index is 11.8. The third-order valence-corrected chi connectivity index (χ3v) is 2.20. The molecule has 4 nitrogen and oxygen atoms in total. The summed E-state index contributed by atoms with van der Waals surface area (Å²) in [5, 5.41) is 0. The Balaban J connectivity index is 4.66. The summed E-state index contributed by atoms with van der Waals surface area (Å²) in [6.07, 6.45) is 3.50. The molecule has 2 unspecified atom stereocenters. The minimum Gasteiger partial charge on any atom is -0.455 e. The zero-order valence-electron chi connectivity index (χ0n) is 9.77. The molecule has 0 saturated carbocycles. The lowest BCUT2D eigenvalue weighted by molar-refractivity contribution is -0.176. The van der Waals surface area contributed by atoms with E-state index in [1.807, 2.05) is 6.92 Å². The minimum absolute atomic E-state index is 0.206. The van der Waals surface area contributed by atoms with Gasteiger partial charge in [0.25, 0.3) is 6.47 Å². The number of hydrogen-bond donors (Lipinski definition) is 0. The maximum Gasteiger partial charge on any atom is 0.351 e. The van der Waals surface area contributed by atoms with Crippen molar-refractivity contribution in [2.75, 3.05) is 0 Å². The first-order chi connectivity index (χ1) is 7.53. The van der Waals surface area contributed by atoms with Crippen LogP contribution in [-0.4, -0.2) is 24.1 Å². The lowest BCUT2D eigenvalue weighted by Gasteiger charge is -2.25. The van der Waals surface area contributed by atoms with Gasteiger partial charge in [0.2, 0.25) is 5.60 Å². The maximum absolute atomic E-state index is 11.8. The molecule has 0 heterocycles. The summed E-state index contributed by atoms with van der Waals surface area (Å²) < 4.78 is 9.89. The molecule has 90 valence electrons. The van der Waals surface area contributed by atoms with Gasteiger partial charge in [-0.05, 0) is 13.3 Å². The molecule has 0 aromatic heterocycles. The first-order valence-electron chi connectivity index (χ1n) is 5.10. The molecule has 4 heteroatoms. The van der Waals surface area contributed by atoms with Crippen LogP contribution < -0.4 is 0 Å². The predicted octanol–water partition coefficient (Wildman–Crippen LogP) is 2.00. The standard InChI is InChI=1S/C12H18O4/c1-5-8-12(4,15-9-13)11(14)16-10(6-2)7-3/h5-6,9-10H,1-2,7-8H2,3-4H3. The Morgan fingerprint density at radius 3 is 2.50 bits per heavy atom. The first kappa shape index (κ1) is 14.4. The molecule has 0 radical (unpaired) electrons. The molecule has 0 aliphatic rings. The van der Waals surface area contributed by atoms with Crippen LogP contribution >= 0.6 is 0 Å². The van der Waals surface area contributed by atoms with Gasteiger partial charge in [-0.25, -0.2) is 4.79 Å². The molecule has 2 atom stereocenters. The molecule has 0 aromatic rings. The first-order valence-corrected chi connectivity index (χ1v) is 5.10. The highest BCUT2D eigenvalue weighted by molar-refractivity contribution is 5.80. The highest BCUT2D eigenvalue weighted by atomic mass is 16.6. The van der Waals surface area contributed by atoms with Gasteiger partial charge in [-0.15, -0.1) is 6.58 Å². The average Bonchev–Trinajstić information content (AvgIpc) is 2.26. The monoisotopic (exact) mass is 226 g/mol. The smallest absolute Gasteiger partial charge is 0.351 e. The summed E-state index contributed by atoms with van der Waals surface area (Å²) in [6, 6.07) is 0. The van der Waals surface area contributed by atoms with Gasteiger partial charge in [0, 0.05) is 6.42 Å². The lowest BCUT2D eigenvalue weighted by Crippen LogP contribution is -2.40. The molecule has 0 spiro atoms. The summed E-state index contributed by atoms with van der Waals surface area (Å²) in [4.78, 5) is 22.1. The van der Waals surface area contributed by atoms with E-state index in [1.165, 1.54) is 19.1 Å². The summed E-state index contributed by atoms with van der Waals surface area (Å²) in [6.45, 7) is 10.6. The van der Waals surface area contributed by atoms with E-state index in [0.717, 1.165) is 0 Å². The summed E-state index contributed by atoms with van der Waals surface area (Å²) in [5.74, 6) is -0.591. The fraction of sp³-hybridized carbons (Fsp3) is 0.500. The second kappa shape index (κ2) is 6.82. The molecular weight excluding hydrogens is 208 g/mol. The number of hydrogen-bond acceptors (Lipinski definition) is 4. The van der Waals surface area contributed by atoms with Gasteiger partial charge in [-0.3, -0.25) is 4.79 Å². The van der Waals surface area contributed by atoms with Gasteiger partial charge >= 0.3 is 5.97 Å². The van der Waals surface area contributed by atoms with E-state index in [0.29, 0.717) is 6.42 Å². The minimum atomic E-state index is -1.31. The van der Waals surface area contributed by atoms with Gasteiger partial charge in [-0.1, -0.05) is 25.7 Å². The summed E-state index contributed by atoms with van der Waals surface area (Å²) >= 11 is 0. The topological polar surface area (TPSA) is 52.6 Å². The molecule has 0 aliphatic carbocycles. The highest BCUT2D eigenvalue weighted by Crippen LogP contribution is 2.19. The van der Waals surface area contributed by atoms with Gasteiger partial charge in [0.15, 0.2) is 0 Å². The third-order valence-electron chi connectivity index (χ3n) is 2.20. The van der Waals surface area contributed by atoms with Crippen LogP contribution in [0.3, 0.4) is 0 Å². The molecule has 0 fully saturated rings. The number of rotatable bonds is 8. The molecular formula is C12H18O4. The van der Waals surface area contributed by atoms with Crippen LogP contribution in [0.15, 0.2) is 25.3 Å². The van der Waals surface area contributed by atoms with Crippen LogP contribution in [0.1, 0.15) is 26.7 Å². The average molecular weight is 226 g/mol. The van der Waals surface area contributed by atoms with Crippen LogP contribution in [-0.2, 0) is 19.1 Å². The highest BCUT2D eigenvalue weighted by Gasteiger charge is 2.36. The number of ether oxygens (including phenoxy) is 2. The van der Waals surface area contributed by atoms with Crippen molar-refractivity contribution in [1.29, 1.82) is 0 Å². The fourth-order valence-corrected chi connectivity index (χ4v) is 1.12. The predicted molar refractivity (Wildman–Crippen MR) is 60.7 cm³/mol.